The fraction of sp³-hybridized carbons (Fsp3) is 0.0500. The highest BCUT2D eigenvalue weighted by molar-refractivity contribution is 7.17. The number of thiazole rings is 1. The number of pyridine rings is 1. The zero-order valence-electron chi connectivity index (χ0n) is 15.2. The number of benzene rings is 1. The van der Waals surface area contributed by atoms with Gasteiger partial charge in [0.05, 0.1) is 10.7 Å². The van der Waals surface area contributed by atoms with Crippen LogP contribution < -0.4 is 10.1 Å². The molecule has 0 spiro atoms. The fourth-order valence-corrected chi connectivity index (χ4v) is 3.62. The van der Waals surface area contributed by atoms with Crippen LogP contribution in [0.2, 0.25) is 5.02 Å². The predicted octanol–water partition coefficient (Wildman–Crippen LogP) is 5.00. The van der Waals surface area contributed by atoms with Gasteiger partial charge in [0.2, 0.25) is 0 Å². The lowest BCUT2D eigenvalue weighted by Gasteiger charge is -2.10. The Hall–Kier alpha value is -3.36. The zero-order valence-corrected chi connectivity index (χ0v) is 16.7. The van der Waals surface area contributed by atoms with E-state index in [1.54, 1.807) is 68.1 Å². The highest BCUT2D eigenvalue weighted by Gasteiger charge is 2.18. The second-order valence-corrected chi connectivity index (χ2v) is 7.30. The van der Waals surface area contributed by atoms with E-state index < -0.39 is 0 Å². The number of ether oxygens (including phenoxy) is 1. The van der Waals surface area contributed by atoms with Gasteiger partial charge in [-0.3, -0.25) is 9.78 Å². The molecular weight excluding hydrogens is 410 g/mol. The average molecular weight is 424 g/mol. The van der Waals surface area contributed by atoms with Crippen LogP contribution in [0.25, 0.3) is 10.8 Å². The van der Waals surface area contributed by atoms with Gasteiger partial charge in [-0.2, -0.15) is 0 Å². The topological polar surface area (TPSA) is 89.9 Å². The van der Waals surface area contributed by atoms with Crippen LogP contribution in [0.1, 0.15) is 15.4 Å². The minimum absolute atomic E-state index is 0.277. The van der Waals surface area contributed by atoms with Crippen LogP contribution in [-0.2, 0) is 0 Å². The Bertz CT molecular complexity index is 1150. The minimum atomic E-state index is -0.277. The van der Waals surface area contributed by atoms with E-state index in [1.165, 1.54) is 11.3 Å². The quantitative estimate of drug-likeness (QED) is 0.485. The van der Waals surface area contributed by atoms with Crippen LogP contribution in [0.3, 0.4) is 0 Å². The van der Waals surface area contributed by atoms with Gasteiger partial charge in [-0.05, 0) is 43.3 Å². The highest BCUT2D eigenvalue weighted by Crippen LogP contribution is 2.32. The lowest BCUT2D eigenvalue weighted by Crippen LogP contribution is -2.11. The molecule has 0 aliphatic heterocycles. The second-order valence-electron chi connectivity index (χ2n) is 5.89. The van der Waals surface area contributed by atoms with E-state index in [-0.39, 0.29) is 5.91 Å². The Labute approximate surface area is 175 Å². The third-order valence-corrected chi connectivity index (χ3v) is 5.27. The summed E-state index contributed by atoms with van der Waals surface area (Å²) >= 11 is 7.54. The Kier molecular flexibility index (Phi) is 5.46. The van der Waals surface area contributed by atoms with E-state index in [4.69, 9.17) is 16.3 Å². The summed E-state index contributed by atoms with van der Waals surface area (Å²) in [7, 11) is 0. The van der Waals surface area contributed by atoms with Crippen molar-refractivity contribution in [3.05, 3.63) is 76.8 Å². The maximum absolute atomic E-state index is 12.7. The first-order valence-electron chi connectivity index (χ1n) is 8.54. The first kappa shape index (κ1) is 19.0. The van der Waals surface area contributed by atoms with Gasteiger partial charge in [0.1, 0.15) is 16.4 Å². The molecule has 0 saturated heterocycles. The van der Waals surface area contributed by atoms with Gasteiger partial charge in [0.25, 0.3) is 5.91 Å². The van der Waals surface area contributed by atoms with Gasteiger partial charge >= 0.3 is 0 Å². The molecule has 3 aromatic heterocycles. The molecule has 0 saturated carbocycles. The number of rotatable bonds is 5. The van der Waals surface area contributed by atoms with Gasteiger partial charge in [0, 0.05) is 30.5 Å². The number of hydrogen-bond acceptors (Lipinski definition) is 7. The number of hydrogen-bond donors (Lipinski definition) is 1. The number of nitrogens with one attached hydrogen (secondary N) is 1. The zero-order chi connectivity index (χ0) is 20.2. The summed E-state index contributed by atoms with van der Waals surface area (Å²) in [6.07, 6.45) is 6.53. The number of aromatic nitrogens is 4. The number of amides is 1. The number of anilines is 1. The molecule has 3 heterocycles. The molecular formula is C20H14ClN5O2S. The maximum atomic E-state index is 12.7. The molecule has 4 aromatic rings. The molecule has 1 N–H and O–H groups in total. The standard InChI is InChI=1S/C20H14ClN5O2S/c1-12-17(29-20(25-12)18-23-7-2-8-24-18)19(27)26-13-3-4-16(15(21)11-13)28-14-5-9-22-10-6-14/h2-11H,1H3,(H,26,27). The van der Waals surface area contributed by atoms with E-state index in [9.17, 15) is 4.79 Å². The summed E-state index contributed by atoms with van der Waals surface area (Å²) < 4.78 is 5.72. The van der Waals surface area contributed by atoms with Crippen LogP contribution in [-0.4, -0.2) is 25.8 Å². The molecule has 9 heteroatoms. The van der Waals surface area contributed by atoms with Crippen molar-refractivity contribution in [3.8, 4) is 22.3 Å². The summed E-state index contributed by atoms with van der Waals surface area (Å²) in [5.41, 5.74) is 1.16. The molecule has 1 amide bonds. The van der Waals surface area contributed by atoms with E-state index in [1.807, 2.05) is 0 Å². The summed E-state index contributed by atoms with van der Waals surface area (Å²) in [5.74, 6) is 1.31. The molecule has 0 aliphatic carbocycles. The number of carbonyl (C=O) groups excluding carboxylic acids is 1. The van der Waals surface area contributed by atoms with Gasteiger partial charge in [-0.15, -0.1) is 11.3 Å². The van der Waals surface area contributed by atoms with Crippen molar-refractivity contribution in [1.29, 1.82) is 0 Å². The molecule has 0 fully saturated rings. The van der Waals surface area contributed by atoms with Crippen molar-refractivity contribution in [2.75, 3.05) is 5.32 Å². The molecule has 0 unspecified atom stereocenters. The number of halogens is 1. The smallest absolute Gasteiger partial charge is 0.267 e. The van der Waals surface area contributed by atoms with Gasteiger partial charge in [-0.1, -0.05) is 11.6 Å². The minimum Gasteiger partial charge on any atom is -0.456 e. The van der Waals surface area contributed by atoms with Gasteiger partial charge in [-0.25, -0.2) is 15.0 Å². The van der Waals surface area contributed by atoms with E-state index >= 15 is 0 Å². The van der Waals surface area contributed by atoms with Gasteiger partial charge < -0.3 is 10.1 Å². The van der Waals surface area contributed by atoms with Crippen LogP contribution in [0.4, 0.5) is 5.69 Å². The van der Waals surface area contributed by atoms with Gasteiger partial charge in [0.15, 0.2) is 10.8 Å². The van der Waals surface area contributed by atoms with Crippen molar-refractivity contribution in [3.63, 3.8) is 0 Å². The van der Waals surface area contributed by atoms with Crippen molar-refractivity contribution in [2.24, 2.45) is 0 Å². The third kappa shape index (κ3) is 4.39. The first-order valence-corrected chi connectivity index (χ1v) is 9.73. The third-order valence-electron chi connectivity index (χ3n) is 3.83. The first-order chi connectivity index (χ1) is 14.1. The van der Waals surface area contributed by atoms with Crippen LogP contribution in [0.15, 0.2) is 61.2 Å². The number of carbonyl (C=O) groups is 1. The molecule has 29 heavy (non-hydrogen) atoms. The average Bonchev–Trinajstić information content (AvgIpc) is 3.13. The molecule has 0 aliphatic rings. The number of nitrogens with zero attached hydrogens (tertiary/aromatic N) is 4. The lowest BCUT2D eigenvalue weighted by molar-refractivity contribution is 0.103. The highest BCUT2D eigenvalue weighted by atomic mass is 35.5. The predicted molar refractivity (Wildman–Crippen MR) is 112 cm³/mol. The Morgan fingerprint density at radius 2 is 1.86 bits per heavy atom. The summed E-state index contributed by atoms with van der Waals surface area (Å²) in [6.45, 7) is 1.77. The number of aryl methyl sites for hydroxylation is 1. The Morgan fingerprint density at radius 3 is 2.59 bits per heavy atom. The lowest BCUT2D eigenvalue weighted by atomic mass is 10.3. The monoisotopic (exact) mass is 423 g/mol. The molecule has 144 valence electrons. The van der Waals surface area contributed by atoms with Crippen molar-refractivity contribution in [1.82, 2.24) is 19.9 Å². The van der Waals surface area contributed by atoms with Crippen molar-refractivity contribution < 1.29 is 9.53 Å². The Morgan fingerprint density at radius 1 is 1.10 bits per heavy atom. The molecule has 0 bridgehead atoms. The Balaban J connectivity index is 1.50. The van der Waals surface area contributed by atoms with E-state index in [2.05, 4.69) is 25.3 Å². The second kappa shape index (κ2) is 8.34. The van der Waals surface area contributed by atoms with Crippen molar-refractivity contribution in [2.45, 2.75) is 6.92 Å². The SMILES string of the molecule is Cc1nc(-c2ncccn2)sc1C(=O)Nc1ccc(Oc2ccncc2)c(Cl)c1. The summed E-state index contributed by atoms with van der Waals surface area (Å²) in [4.78, 5) is 29.9. The largest absolute Gasteiger partial charge is 0.456 e. The summed E-state index contributed by atoms with van der Waals surface area (Å²) in [5, 5.41) is 3.80. The van der Waals surface area contributed by atoms with Crippen LogP contribution in [0, 0.1) is 6.92 Å². The molecule has 0 atom stereocenters. The van der Waals surface area contributed by atoms with Crippen LogP contribution in [0.5, 0.6) is 11.5 Å². The molecule has 1 aromatic carbocycles. The molecule has 7 nitrogen and oxygen atoms in total. The van der Waals surface area contributed by atoms with Crippen LogP contribution >= 0.6 is 22.9 Å². The fourth-order valence-electron chi connectivity index (χ4n) is 2.49. The normalized spacial score (nSPS) is 10.6. The molecule has 4 rings (SSSR count). The van der Waals surface area contributed by atoms with Crippen molar-refractivity contribution >= 4 is 34.5 Å². The molecule has 0 radical (unpaired) electrons. The van der Waals surface area contributed by atoms with E-state index in [0.29, 0.717) is 43.6 Å². The summed E-state index contributed by atoms with van der Waals surface area (Å²) in [6, 6.07) is 10.2. The van der Waals surface area contributed by atoms with E-state index in [0.717, 1.165) is 0 Å². The maximum Gasteiger partial charge on any atom is 0.267 e.